The van der Waals surface area contributed by atoms with Gasteiger partial charge in [0.15, 0.2) is 0 Å². The molecule has 0 unspecified atom stereocenters. The van der Waals surface area contributed by atoms with Gasteiger partial charge in [0.1, 0.15) is 6.61 Å². The molecule has 0 aliphatic rings. The van der Waals surface area contributed by atoms with E-state index in [1.54, 1.807) is 25.4 Å². The summed E-state index contributed by atoms with van der Waals surface area (Å²) >= 11 is 11.8. The van der Waals surface area contributed by atoms with E-state index in [9.17, 15) is 4.79 Å². The van der Waals surface area contributed by atoms with Crippen LogP contribution in [0.15, 0.2) is 47.6 Å². The van der Waals surface area contributed by atoms with Crippen molar-refractivity contribution in [1.29, 1.82) is 0 Å². The van der Waals surface area contributed by atoms with Crippen LogP contribution in [0.3, 0.4) is 0 Å². The number of rotatable bonds is 6. The molecule has 0 fully saturated rings. The number of carbonyl (C=O) groups is 1. The van der Waals surface area contributed by atoms with Crippen molar-refractivity contribution in [3.05, 3.63) is 63.9 Å². The maximum Gasteiger partial charge on any atom is 0.292 e. The molecule has 0 saturated carbocycles. The highest BCUT2D eigenvalue weighted by atomic mass is 35.5. The average Bonchev–Trinajstić information content (AvgIpc) is 2.62. The third-order valence-electron chi connectivity index (χ3n) is 3.04. The van der Waals surface area contributed by atoms with Crippen LogP contribution in [-0.2, 0) is 16.0 Å². The van der Waals surface area contributed by atoms with E-state index in [0.717, 1.165) is 5.69 Å². The maximum absolute atomic E-state index is 12.3. The van der Waals surface area contributed by atoms with E-state index >= 15 is 0 Å². The Morgan fingerprint density at radius 2 is 2.04 bits per heavy atom. The Hall–Kier alpha value is -2.15. The zero-order chi connectivity index (χ0) is 18.1. The lowest BCUT2D eigenvalue weighted by atomic mass is 10.2. The number of ether oxygens (including phenoxy) is 2. The third-order valence-corrected chi connectivity index (χ3v) is 3.78. The number of halogens is 2. The van der Waals surface area contributed by atoms with E-state index < -0.39 is 5.91 Å². The minimum atomic E-state index is -0.407. The van der Waals surface area contributed by atoms with Gasteiger partial charge in [-0.25, -0.2) is 4.99 Å². The molecule has 1 aromatic heterocycles. The molecule has 1 amide bonds. The van der Waals surface area contributed by atoms with Crippen LogP contribution < -0.4 is 5.32 Å². The summed E-state index contributed by atoms with van der Waals surface area (Å²) in [5.74, 6) is -0.407. The number of amides is 1. The molecule has 2 aromatic rings. The summed E-state index contributed by atoms with van der Waals surface area (Å²) in [7, 11) is 1.56. The monoisotopic (exact) mass is 381 g/mol. The third kappa shape index (κ3) is 6.34. The van der Waals surface area contributed by atoms with Crippen LogP contribution in [-0.4, -0.2) is 37.2 Å². The van der Waals surface area contributed by atoms with Crippen LogP contribution in [0.4, 0.5) is 0 Å². The molecule has 1 aromatic carbocycles. The summed E-state index contributed by atoms with van der Waals surface area (Å²) < 4.78 is 10.4. The molecule has 0 atom stereocenters. The molecular weight excluding hydrogens is 365 g/mol. The first-order valence-electron chi connectivity index (χ1n) is 7.42. The number of carbonyl (C=O) groups excluding carboxylic acids is 1. The number of aliphatic imine (C=N–C) groups is 1. The molecule has 0 bridgehead atoms. The second-order valence-corrected chi connectivity index (χ2v) is 5.68. The molecule has 0 aliphatic heterocycles. The van der Waals surface area contributed by atoms with Gasteiger partial charge in [-0.3, -0.25) is 15.1 Å². The molecule has 0 aliphatic carbocycles. The first kappa shape index (κ1) is 19.2. The second-order valence-electron chi connectivity index (χ2n) is 4.87. The number of aromatic nitrogens is 1. The predicted molar refractivity (Wildman–Crippen MR) is 97.1 cm³/mol. The van der Waals surface area contributed by atoms with Crippen molar-refractivity contribution >= 4 is 35.1 Å². The molecule has 0 saturated heterocycles. The predicted octanol–water partition coefficient (Wildman–Crippen LogP) is 3.34. The van der Waals surface area contributed by atoms with Gasteiger partial charge in [0.2, 0.25) is 0 Å². The first-order chi connectivity index (χ1) is 12.1. The van der Waals surface area contributed by atoms with Gasteiger partial charge in [-0.2, -0.15) is 0 Å². The molecular formula is C17H17Cl2N3O3. The van der Waals surface area contributed by atoms with Gasteiger partial charge in [0.25, 0.3) is 11.9 Å². The lowest BCUT2D eigenvalue weighted by molar-refractivity contribution is 0.0954. The van der Waals surface area contributed by atoms with Crippen LogP contribution in [0, 0.1) is 0 Å². The SMILES string of the molecule is COCCOC(=NCc1ccccn1)NC(=O)c1ccc(Cl)c(Cl)c1. The number of methoxy groups -OCH3 is 1. The number of pyridine rings is 1. The minimum Gasteiger partial charge on any atom is -0.463 e. The first-order valence-corrected chi connectivity index (χ1v) is 8.18. The number of amidine groups is 1. The molecule has 2 rings (SSSR count). The number of hydrogen-bond donors (Lipinski definition) is 1. The number of benzene rings is 1. The van der Waals surface area contributed by atoms with Gasteiger partial charge in [0, 0.05) is 18.9 Å². The van der Waals surface area contributed by atoms with Crippen molar-refractivity contribution in [2.24, 2.45) is 4.99 Å². The van der Waals surface area contributed by atoms with Gasteiger partial charge >= 0.3 is 0 Å². The van der Waals surface area contributed by atoms with E-state index in [4.69, 9.17) is 32.7 Å². The Bertz CT molecular complexity index is 739. The fraction of sp³-hybridized carbons (Fsp3) is 0.235. The highest BCUT2D eigenvalue weighted by Gasteiger charge is 2.12. The van der Waals surface area contributed by atoms with Gasteiger partial charge in [-0.05, 0) is 30.3 Å². The molecule has 8 heteroatoms. The zero-order valence-corrected chi connectivity index (χ0v) is 15.0. The van der Waals surface area contributed by atoms with Crippen LogP contribution >= 0.6 is 23.2 Å². The molecule has 1 heterocycles. The van der Waals surface area contributed by atoms with Gasteiger partial charge in [-0.15, -0.1) is 0 Å². The Balaban J connectivity index is 2.08. The average molecular weight is 382 g/mol. The van der Waals surface area contributed by atoms with Crippen molar-refractivity contribution in [3.8, 4) is 0 Å². The molecule has 6 nitrogen and oxygen atoms in total. The second kappa shape index (κ2) is 9.98. The Morgan fingerprint density at radius 3 is 2.72 bits per heavy atom. The number of nitrogens with one attached hydrogen (secondary N) is 1. The van der Waals surface area contributed by atoms with E-state index in [-0.39, 0.29) is 19.2 Å². The van der Waals surface area contributed by atoms with Crippen LogP contribution in [0.25, 0.3) is 0 Å². The van der Waals surface area contributed by atoms with E-state index in [0.29, 0.717) is 22.2 Å². The molecule has 25 heavy (non-hydrogen) atoms. The van der Waals surface area contributed by atoms with Gasteiger partial charge in [0.05, 0.1) is 28.9 Å². The van der Waals surface area contributed by atoms with Crippen LogP contribution in [0.2, 0.25) is 10.0 Å². The number of hydrogen-bond acceptors (Lipinski definition) is 5. The normalized spacial score (nSPS) is 11.2. The molecule has 0 spiro atoms. The fourth-order valence-corrected chi connectivity index (χ4v) is 2.09. The Kier molecular flexibility index (Phi) is 7.66. The molecule has 132 valence electrons. The highest BCUT2D eigenvalue weighted by molar-refractivity contribution is 6.42. The molecule has 1 N–H and O–H groups in total. The quantitative estimate of drug-likeness (QED) is 0.473. The van der Waals surface area contributed by atoms with E-state index in [1.165, 1.54) is 6.07 Å². The largest absolute Gasteiger partial charge is 0.463 e. The van der Waals surface area contributed by atoms with Crippen LogP contribution in [0.5, 0.6) is 0 Å². The maximum atomic E-state index is 12.3. The van der Waals surface area contributed by atoms with Crippen molar-refractivity contribution in [2.45, 2.75) is 6.54 Å². The minimum absolute atomic E-state index is 0.0822. The van der Waals surface area contributed by atoms with Gasteiger partial charge < -0.3 is 9.47 Å². The topological polar surface area (TPSA) is 72.8 Å². The zero-order valence-electron chi connectivity index (χ0n) is 13.5. The summed E-state index contributed by atoms with van der Waals surface area (Å²) in [6.07, 6.45) is 1.67. The van der Waals surface area contributed by atoms with Crippen molar-refractivity contribution in [1.82, 2.24) is 10.3 Å². The number of nitrogens with zero attached hydrogens (tertiary/aromatic N) is 2. The summed E-state index contributed by atoms with van der Waals surface area (Å²) in [6, 6.07) is 10.2. The van der Waals surface area contributed by atoms with Crippen molar-refractivity contribution < 1.29 is 14.3 Å². The summed E-state index contributed by atoms with van der Waals surface area (Å²) in [5.41, 5.74) is 1.09. The lowest BCUT2D eigenvalue weighted by Crippen LogP contribution is -2.33. The smallest absolute Gasteiger partial charge is 0.292 e. The Morgan fingerprint density at radius 1 is 1.20 bits per heavy atom. The summed E-state index contributed by atoms with van der Waals surface area (Å²) in [5, 5.41) is 3.28. The Labute approximate surface area is 155 Å². The summed E-state index contributed by atoms with van der Waals surface area (Å²) in [4.78, 5) is 20.8. The van der Waals surface area contributed by atoms with Crippen molar-refractivity contribution in [3.63, 3.8) is 0 Å². The standard InChI is InChI=1S/C17H17Cl2N3O3/c1-24-8-9-25-17(21-11-13-4-2-3-7-20-13)22-16(23)12-5-6-14(18)15(19)10-12/h2-7,10H,8-9,11H2,1H3,(H,21,22,23). The van der Waals surface area contributed by atoms with Gasteiger partial charge in [-0.1, -0.05) is 29.3 Å². The van der Waals surface area contributed by atoms with E-state index in [1.807, 2.05) is 18.2 Å². The van der Waals surface area contributed by atoms with E-state index in [2.05, 4.69) is 15.3 Å². The molecule has 0 radical (unpaired) electrons. The van der Waals surface area contributed by atoms with Crippen LogP contribution in [0.1, 0.15) is 16.1 Å². The van der Waals surface area contributed by atoms with Crippen molar-refractivity contribution in [2.75, 3.05) is 20.3 Å². The highest BCUT2D eigenvalue weighted by Crippen LogP contribution is 2.22. The fourth-order valence-electron chi connectivity index (χ4n) is 1.79. The lowest BCUT2D eigenvalue weighted by Gasteiger charge is -2.11. The summed E-state index contributed by atoms with van der Waals surface area (Å²) in [6.45, 7) is 0.884.